The molecule has 0 rings (SSSR count). The molecule has 0 aromatic carbocycles. The van der Waals surface area contributed by atoms with E-state index >= 15 is 0 Å². The molecular formula is C18H35N. The minimum absolute atomic E-state index is 0.848. The number of hydrogen-bond donors (Lipinski definition) is 1. The lowest BCUT2D eigenvalue weighted by atomic mass is 10.1. The van der Waals surface area contributed by atoms with Gasteiger partial charge in [-0.05, 0) is 51.5 Å². The van der Waals surface area contributed by atoms with Crippen molar-refractivity contribution in [2.45, 2.75) is 84.0 Å². The fourth-order valence-corrected chi connectivity index (χ4v) is 2.11. The van der Waals surface area contributed by atoms with Crippen molar-refractivity contribution in [2.24, 2.45) is 5.73 Å². The Morgan fingerprint density at radius 3 is 1.58 bits per heavy atom. The Kier molecular flexibility index (Phi) is 16.9. The molecule has 0 unspecified atom stereocenters. The molecule has 19 heavy (non-hydrogen) atoms. The highest BCUT2D eigenvalue weighted by atomic mass is 14.5. The number of nitrogens with two attached hydrogens (primary N) is 1. The van der Waals surface area contributed by atoms with Crippen LogP contribution in [0, 0.1) is 0 Å². The Morgan fingerprint density at radius 1 is 0.579 bits per heavy atom. The molecule has 2 N–H and O–H groups in total. The van der Waals surface area contributed by atoms with Gasteiger partial charge in [0.2, 0.25) is 0 Å². The van der Waals surface area contributed by atoms with Gasteiger partial charge in [-0.1, -0.05) is 63.3 Å². The van der Waals surface area contributed by atoms with Crippen molar-refractivity contribution >= 4 is 0 Å². The van der Waals surface area contributed by atoms with Gasteiger partial charge < -0.3 is 5.73 Å². The van der Waals surface area contributed by atoms with Gasteiger partial charge in [0.05, 0.1) is 0 Å². The minimum atomic E-state index is 0.848. The summed E-state index contributed by atoms with van der Waals surface area (Å²) in [6.07, 6.45) is 24.9. The summed E-state index contributed by atoms with van der Waals surface area (Å²) in [5.74, 6) is 0. The molecule has 0 aliphatic carbocycles. The maximum atomic E-state index is 5.46. The lowest BCUT2D eigenvalue weighted by Crippen LogP contribution is -1.97. The van der Waals surface area contributed by atoms with Gasteiger partial charge in [0, 0.05) is 0 Å². The summed E-state index contributed by atoms with van der Waals surface area (Å²) in [5, 5.41) is 0. The Bertz CT molecular complexity index is 206. The van der Waals surface area contributed by atoms with Gasteiger partial charge >= 0.3 is 0 Å². The zero-order chi connectivity index (χ0) is 14.0. The molecule has 0 aromatic heterocycles. The highest BCUT2D eigenvalue weighted by Crippen LogP contribution is 2.05. The monoisotopic (exact) mass is 265 g/mol. The van der Waals surface area contributed by atoms with Crippen LogP contribution in [0.2, 0.25) is 0 Å². The second kappa shape index (κ2) is 17.4. The molecule has 0 amide bonds. The van der Waals surface area contributed by atoms with Gasteiger partial charge in [-0.2, -0.15) is 0 Å². The average Bonchev–Trinajstić information content (AvgIpc) is 2.43. The summed E-state index contributed by atoms with van der Waals surface area (Å²) in [6.45, 7) is 3.11. The first-order valence-electron chi connectivity index (χ1n) is 8.42. The van der Waals surface area contributed by atoms with Crippen LogP contribution in [-0.2, 0) is 0 Å². The summed E-state index contributed by atoms with van der Waals surface area (Å²) >= 11 is 0. The molecule has 0 spiro atoms. The summed E-state index contributed by atoms with van der Waals surface area (Å²) < 4.78 is 0. The van der Waals surface area contributed by atoms with Crippen molar-refractivity contribution in [2.75, 3.05) is 6.54 Å². The molecule has 0 saturated carbocycles. The SMILES string of the molecule is CCCCCC/C=C/CC/C=C/CCCCCCN. The molecule has 0 atom stereocenters. The Labute approximate surface area is 121 Å². The first-order chi connectivity index (χ1) is 9.41. The molecule has 0 aliphatic rings. The summed E-state index contributed by atoms with van der Waals surface area (Å²) in [6, 6.07) is 0. The summed E-state index contributed by atoms with van der Waals surface area (Å²) in [7, 11) is 0. The third-order valence-electron chi connectivity index (χ3n) is 3.38. The van der Waals surface area contributed by atoms with E-state index in [2.05, 4.69) is 31.2 Å². The molecule has 1 heteroatoms. The quantitative estimate of drug-likeness (QED) is 0.314. The molecule has 1 nitrogen and oxygen atoms in total. The van der Waals surface area contributed by atoms with Crippen molar-refractivity contribution in [1.29, 1.82) is 0 Å². The van der Waals surface area contributed by atoms with Crippen LogP contribution in [0.1, 0.15) is 84.0 Å². The molecule has 0 aromatic rings. The van der Waals surface area contributed by atoms with E-state index in [4.69, 9.17) is 5.73 Å². The van der Waals surface area contributed by atoms with Crippen molar-refractivity contribution in [3.63, 3.8) is 0 Å². The van der Waals surface area contributed by atoms with Crippen LogP contribution in [0.3, 0.4) is 0 Å². The van der Waals surface area contributed by atoms with E-state index in [-0.39, 0.29) is 0 Å². The van der Waals surface area contributed by atoms with Gasteiger partial charge in [-0.3, -0.25) is 0 Å². The molecule has 0 aliphatic heterocycles. The van der Waals surface area contributed by atoms with Crippen LogP contribution < -0.4 is 5.73 Å². The highest BCUT2D eigenvalue weighted by molar-refractivity contribution is 4.88. The molecular weight excluding hydrogens is 230 g/mol. The van der Waals surface area contributed by atoms with Gasteiger partial charge in [0.25, 0.3) is 0 Å². The maximum Gasteiger partial charge on any atom is -0.00773 e. The van der Waals surface area contributed by atoms with Crippen LogP contribution >= 0.6 is 0 Å². The summed E-state index contributed by atoms with van der Waals surface area (Å²) in [4.78, 5) is 0. The number of hydrogen-bond acceptors (Lipinski definition) is 1. The molecule has 0 fully saturated rings. The van der Waals surface area contributed by atoms with E-state index in [1.54, 1.807) is 0 Å². The number of unbranched alkanes of at least 4 members (excludes halogenated alkanes) is 9. The van der Waals surface area contributed by atoms with E-state index in [9.17, 15) is 0 Å². The Morgan fingerprint density at radius 2 is 1.05 bits per heavy atom. The molecule has 112 valence electrons. The van der Waals surface area contributed by atoms with Crippen LogP contribution in [-0.4, -0.2) is 6.54 Å². The van der Waals surface area contributed by atoms with Crippen molar-refractivity contribution in [3.8, 4) is 0 Å². The molecule has 0 saturated heterocycles. The minimum Gasteiger partial charge on any atom is -0.330 e. The lowest BCUT2D eigenvalue weighted by molar-refractivity contribution is 0.652. The predicted octanol–water partition coefficient (Wildman–Crippen LogP) is 5.76. The van der Waals surface area contributed by atoms with Gasteiger partial charge in [-0.25, -0.2) is 0 Å². The normalized spacial score (nSPS) is 11.9. The number of rotatable bonds is 14. The third kappa shape index (κ3) is 17.4. The lowest BCUT2D eigenvalue weighted by Gasteiger charge is -1.96. The topological polar surface area (TPSA) is 26.0 Å². The smallest absolute Gasteiger partial charge is 0.00773 e. The highest BCUT2D eigenvalue weighted by Gasteiger charge is 1.86. The van der Waals surface area contributed by atoms with Crippen LogP contribution in [0.15, 0.2) is 24.3 Å². The standard InChI is InChI=1S/C18H35N/c1-2-3-4-5-6-7-8-9-10-11-12-13-14-15-16-17-18-19/h7-8,11-12H,2-6,9-10,13-19H2,1H3/b8-7+,12-11+. The average molecular weight is 265 g/mol. The van der Waals surface area contributed by atoms with E-state index in [0.717, 1.165) is 6.54 Å². The largest absolute Gasteiger partial charge is 0.330 e. The Hall–Kier alpha value is -0.560. The van der Waals surface area contributed by atoms with Crippen LogP contribution in [0.5, 0.6) is 0 Å². The van der Waals surface area contributed by atoms with Gasteiger partial charge in [0.15, 0.2) is 0 Å². The second-order valence-electron chi connectivity index (χ2n) is 5.36. The van der Waals surface area contributed by atoms with E-state index in [1.807, 2.05) is 0 Å². The third-order valence-corrected chi connectivity index (χ3v) is 3.38. The van der Waals surface area contributed by atoms with Gasteiger partial charge in [0.1, 0.15) is 0 Å². The number of allylic oxidation sites excluding steroid dienone is 4. The predicted molar refractivity (Wildman–Crippen MR) is 88.4 cm³/mol. The first kappa shape index (κ1) is 18.4. The first-order valence-corrected chi connectivity index (χ1v) is 8.42. The fraction of sp³-hybridized carbons (Fsp3) is 0.778. The fourth-order valence-electron chi connectivity index (χ4n) is 2.11. The Balaban J connectivity index is 3.13. The van der Waals surface area contributed by atoms with Crippen LogP contribution in [0.4, 0.5) is 0 Å². The molecule has 0 bridgehead atoms. The van der Waals surface area contributed by atoms with Gasteiger partial charge in [-0.15, -0.1) is 0 Å². The summed E-state index contributed by atoms with van der Waals surface area (Å²) in [5.41, 5.74) is 5.46. The van der Waals surface area contributed by atoms with E-state index < -0.39 is 0 Å². The van der Waals surface area contributed by atoms with Crippen molar-refractivity contribution < 1.29 is 0 Å². The molecule has 0 heterocycles. The van der Waals surface area contributed by atoms with Crippen molar-refractivity contribution in [1.82, 2.24) is 0 Å². The van der Waals surface area contributed by atoms with Crippen molar-refractivity contribution in [3.05, 3.63) is 24.3 Å². The van der Waals surface area contributed by atoms with Crippen LogP contribution in [0.25, 0.3) is 0 Å². The van der Waals surface area contributed by atoms with E-state index in [0.29, 0.717) is 0 Å². The zero-order valence-electron chi connectivity index (χ0n) is 13.1. The van der Waals surface area contributed by atoms with E-state index in [1.165, 1.54) is 77.0 Å². The zero-order valence-corrected chi connectivity index (χ0v) is 13.1. The maximum absolute atomic E-state index is 5.46. The molecule has 0 radical (unpaired) electrons. The second-order valence-corrected chi connectivity index (χ2v) is 5.36.